The molecular weight excluding hydrogens is 620 g/mol. The molecular formula is C36H30N2O10. The van der Waals surface area contributed by atoms with E-state index in [-0.39, 0.29) is 53.4 Å². The fraction of sp³-hybridized carbons (Fsp3) is 0.278. The molecule has 0 spiro atoms. The number of benzene rings is 3. The number of hydrogen-bond acceptors (Lipinski definition) is 8. The second-order valence-electron chi connectivity index (χ2n) is 12.4. The number of rotatable bonds is 7. The zero-order valence-corrected chi connectivity index (χ0v) is 25.6. The van der Waals surface area contributed by atoms with E-state index in [1.165, 1.54) is 48.5 Å². The fourth-order valence-corrected chi connectivity index (χ4v) is 8.01. The van der Waals surface area contributed by atoms with Gasteiger partial charge in [-0.1, -0.05) is 23.8 Å². The maximum Gasteiger partial charge on any atom is 0.335 e. The Morgan fingerprint density at radius 3 is 1.81 bits per heavy atom. The van der Waals surface area contributed by atoms with Crippen molar-refractivity contribution in [3.05, 3.63) is 95.1 Å². The van der Waals surface area contributed by atoms with Crippen molar-refractivity contribution in [1.29, 1.82) is 0 Å². The van der Waals surface area contributed by atoms with Crippen LogP contribution in [0.1, 0.15) is 52.0 Å². The summed E-state index contributed by atoms with van der Waals surface area (Å²) < 4.78 is 5.65. The summed E-state index contributed by atoms with van der Waals surface area (Å²) >= 11 is 0. The first-order valence-corrected chi connectivity index (χ1v) is 15.6. The minimum absolute atomic E-state index is 0.000960. The summed E-state index contributed by atoms with van der Waals surface area (Å²) in [5, 5.41) is 30.1. The molecule has 12 heteroatoms. The highest BCUT2D eigenvalue weighted by atomic mass is 16.5. The predicted octanol–water partition coefficient (Wildman–Crippen LogP) is 4.23. The van der Waals surface area contributed by atoms with Crippen molar-refractivity contribution in [2.75, 3.05) is 16.4 Å². The van der Waals surface area contributed by atoms with Crippen LogP contribution in [0.4, 0.5) is 11.4 Å². The van der Waals surface area contributed by atoms with Gasteiger partial charge in [-0.25, -0.2) is 9.59 Å². The second-order valence-corrected chi connectivity index (χ2v) is 12.4. The first-order chi connectivity index (χ1) is 23.0. The van der Waals surface area contributed by atoms with Gasteiger partial charge in [0.15, 0.2) is 11.5 Å². The number of carbonyl (C=O) groups is 6. The lowest BCUT2D eigenvalue weighted by molar-refractivity contribution is -0.126. The molecule has 4 amide bonds. The van der Waals surface area contributed by atoms with E-state index in [0.717, 1.165) is 9.80 Å². The topological polar surface area (TPSA) is 179 Å². The smallest absolute Gasteiger partial charge is 0.335 e. The number of ether oxygens (including phenoxy) is 1. The number of imide groups is 2. The molecule has 0 unspecified atom stereocenters. The number of phenols is 1. The molecule has 0 bridgehead atoms. The van der Waals surface area contributed by atoms with E-state index in [4.69, 9.17) is 4.74 Å². The molecule has 48 heavy (non-hydrogen) atoms. The SMILES string of the molecule is CCOc1cccc([C@H]2C3=CC[C@@H]4C(=O)N(c5ccc(C(=O)O)cc5)C(=O)[C@@H]4[C@@H]3C[C@H]3C(=O)N(c4ccc(C(=O)O)cc4)C(=O)[C@@H]23)c1O. The van der Waals surface area contributed by atoms with Gasteiger partial charge in [0.05, 0.1) is 52.8 Å². The Labute approximate surface area is 273 Å². The monoisotopic (exact) mass is 650 g/mol. The van der Waals surface area contributed by atoms with Gasteiger partial charge in [-0.3, -0.25) is 29.0 Å². The first-order valence-electron chi connectivity index (χ1n) is 15.6. The molecule has 2 saturated heterocycles. The van der Waals surface area contributed by atoms with Crippen LogP contribution in [-0.4, -0.2) is 57.5 Å². The van der Waals surface area contributed by atoms with Crippen molar-refractivity contribution in [2.24, 2.45) is 29.6 Å². The molecule has 2 heterocycles. The van der Waals surface area contributed by atoms with Crippen LogP contribution in [0.3, 0.4) is 0 Å². The number of carboxylic acids is 2. The number of nitrogens with zero attached hydrogens (tertiary/aromatic N) is 2. The largest absolute Gasteiger partial charge is 0.504 e. The number of para-hydroxylation sites is 1. The molecule has 4 aliphatic rings. The van der Waals surface area contributed by atoms with Gasteiger partial charge in [-0.05, 0) is 80.3 Å². The van der Waals surface area contributed by atoms with Gasteiger partial charge < -0.3 is 20.1 Å². The van der Waals surface area contributed by atoms with Crippen LogP contribution in [-0.2, 0) is 19.2 Å². The Hall–Kier alpha value is -5.78. The number of allylic oxidation sites excluding steroid dienone is 2. The third-order valence-electron chi connectivity index (χ3n) is 10.1. The van der Waals surface area contributed by atoms with Crippen LogP contribution in [0.5, 0.6) is 11.5 Å². The molecule has 7 rings (SSSR count). The summed E-state index contributed by atoms with van der Waals surface area (Å²) in [5.74, 6) is -9.17. The van der Waals surface area contributed by atoms with Crippen molar-refractivity contribution in [3.8, 4) is 11.5 Å². The molecule has 244 valence electrons. The van der Waals surface area contributed by atoms with Crippen LogP contribution in [0.15, 0.2) is 78.4 Å². The molecule has 3 fully saturated rings. The van der Waals surface area contributed by atoms with Crippen LogP contribution >= 0.6 is 0 Å². The second kappa shape index (κ2) is 11.5. The number of phenolic OH excluding ortho intramolecular Hbond substituents is 1. The minimum Gasteiger partial charge on any atom is -0.504 e. The summed E-state index contributed by atoms with van der Waals surface area (Å²) in [6.45, 7) is 2.03. The number of aromatic hydroxyl groups is 1. The van der Waals surface area contributed by atoms with E-state index in [1.807, 2.05) is 6.08 Å². The number of amides is 4. The van der Waals surface area contributed by atoms with Gasteiger partial charge in [0.25, 0.3) is 0 Å². The minimum atomic E-state index is -1.16. The standard InChI is InChI=1S/C36H30N2O10/c1-2-48-26-5-3-4-22(30(26)39)27-21-14-15-23-28(33(42)37(31(23)40)19-10-6-17(7-11-19)35(44)45)24(21)16-25-29(27)34(43)38(32(25)41)20-12-8-18(9-13-20)36(46)47/h3-14,23-25,27-29,39H,2,15-16H2,1H3,(H,44,45)(H,46,47)/t23-,24+,25+,27+,28-,29+/m0/s1. The third-order valence-corrected chi connectivity index (χ3v) is 10.1. The Bertz CT molecular complexity index is 1930. The summed E-state index contributed by atoms with van der Waals surface area (Å²) in [6.07, 6.45) is 2.13. The van der Waals surface area contributed by atoms with E-state index in [1.54, 1.807) is 25.1 Å². The number of fused-ring (bicyclic) bond motifs is 4. The molecule has 0 radical (unpaired) electrons. The van der Waals surface area contributed by atoms with Crippen molar-refractivity contribution in [3.63, 3.8) is 0 Å². The molecule has 1 saturated carbocycles. The van der Waals surface area contributed by atoms with E-state index in [0.29, 0.717) is 11.1 Å². The third kappa shape index (κ3) is 4.58. The number of hydrogen-bond donors (Lipinski definition) is 3. The molecule has 2 aliphatic heterocycles. The number of aromatic carboxylic acids is 2. The lowest BCUT2D eigenvalue weighted by Gasteiger charge is -2.44. The maximum atomic E-state index is 14.3. The van der Waals surface area contributed by atoms with Crippen LogP contribution in [0.2, 0.25) is 0 Å². The molecule has 2 aliphatic carbocycles. The molecule has 6 atom stereocenters. The van der Waals surface area contributed by atoms with Gasteiger partial charge >= 0.3 is 11.9 Å². The lowest BCUT2D eigenvalue weighted by Crippen LogP contribution is -2.43. The first kappa shape index (κ1) is 30.9. The summed E-state index contributed by atoms with van der Waals surface area (Å²) in [4.78, 5) is 81.3. The number of carboxylic acid groups (broad SMARTS) is 2. The van der Waals surface area contributed by atoms with E-state index in [2.05, 4.69) is 0 Å². The zero-order chi connectivity index (χ0) is 34.0. The maximum absolute atomic E-state index is 14.3. The molecule has 0 aromatic heterocycles. The van der Waals surface area contributed by atoms with Gasteiger partial charge in [-0.15, -0.1) is 0 Å². The van der Waals surface area contributed by atoms with Gasteiger partial charge in [0, 0.05) is 11.5 Å². The average molecular weight is 651 g/mol. The van der Waals surface area contributed by atoms with E-state index >= 15 is 0 Å². The Morgan fingerprint density at radius 2 is 1.27 bits per heavy atom. The number of anilines is 2. The molecule has 3 N–H and O–H groups in total. The Kier molecular flexibility index (Phi) is 7.38. The van der Waals surface area contributed by atoms with Gasteiger partial charge in [0.1, 0.15) is 0 Å². The van der Waals surface area contributed by atoms with Crippen LogP contribution < -0.4 is 14.5 Å². The normalized spacial score (nSPS) is 26.1. The molecule has 12 nitrogen and oxygen atoms in total. The van der Waals surface area contributed by atoms with Gasteiger partial charge in [0.2, 0.25) is 23.6 Å². The summed E-state index contributed by atoms with van der Waals surface area (Å²) in [5.41, 5.74) is 1.46. The highest BCUT2D eigenvalue weighted by molar-refractivity contribution is 6.24. The highest BCUT2D eigenvalue weighted by Crippen LogP contribution is 2.59. The zero-order valence-electron chi connectivity index (χ0n) is 25.6. The fourth-order valence-electron chi connectivity index (χ4n) is 8.01. The Balaban J connectivity index is 1.32. The predicted molar refractivity (Wildman–Crippen MR) is 169 cm³/mol. The number of carbonyl (C=O) groups excluding carboxylic acids is 4. The lowest BCUT2D eigenvalue weighted by atomic mass is 9.57. The summed E-state index contributed by atoms with van der Waals surface area (Å²) in [6, 6.07) is 15.8. The molecule has 3 aromatic carbocycles. The quantitative estimate of drug-likeness (QED) is 0.248. The van der Waals surface area contributed by atoms with E-state index in [9.17, 15) is 44.1 Å². The van der Waals surface area contributed by atoms with E-state index < -0.39 is 71.1 Å². The van der Waals surface area contributed by atoms with Crippen molar-refractivity contribution in [2.45, 2.75) is 25.7 Å². The van der Waals surface area contributed by atoms with Gasteiger partial charge in [-0.2, -0.15) is 0 Å². The Morgan fingerprint density at radius 1 is 0.729 bits per heavy atom. The summed E-state index contributed by atoms with van der Waals surface area (Å²) in [7, 11) is 0. The van der Waals surface area contributed by atoms with Crippen LogP contribution in [0.25, 0.3) is 0 Å². The molecule has 3 aromatic rings. The van der Waals surface area contributed by atoms with Crippen molar-refractivity contribution < 1.29 is 48.8 Å². The highest BCUT2D eigenvalue weighted by Gasteiger charge is 2.62. The van der Waals surface area contributed by atoms with Crippen molar-refractivity contribution >= 4 is 46.9 Å². The van der Waals surface area contributed by atoms with Crippen LogP contribution in [0, 0.1) is 29.6 Å². The van der Waals surface area contributed by atoms with Crippen molar-refractivity contribution in [1.82, 2.24) is 0 Å². The average Bonchev–Trinajstić information content (AvgIpc) is 3.48.